The van der Waals surface area contributed by atoms with Crippen LogP contribution in [0.5, 0.6) is 0 Å². The standard InChI is InChI=1S/C22H20N8O5S3.Na/c1-35-29-13(12-9-37-21(23)24-12)17(31)25-14-18(32)30-15(20(33)34)11(7-36-19(14)30)8-38-22-26-16(27-28-22)10-5-3-2-4-6-10;/h2-6,9,14,19H,7-8H2,1H3,(H2,23,24)(H,25,31)(H,33,34)(H,26,27,28);/q;+1/p-1/b29-13-;/t14-,19-;/m1./s1. The molecule has 4 heterocycles. The molecule has 5 rings (SSSR count). The van der Waals surface area contributed by atoms with Gasteiger partial charge in [0, 0.05) is 28.3 Å². The quantitative estimate of drug-likeness (QED) is 0.0621. The maximum absolute atomic E-state index is 13.0. The van der Waals surface area contributed by atoms with E-state index in [1.807, 2.05) is 30.3 Å². The Bertz CT molecular complexity index is 1470. The molecule has 3 aromatic rings. The largest absolute Gasteiger partial charge is 1.00 e. The Morgan fingerprint density at radius 3 is 2.79 bits per heavy atom. The minimum atomic E-state index is -1.23. The van der Waals surface area contributed by atoms with Crippen molar-refractivity contribution in [1.82, 2.24) is 25.1 Å². The molecule has 196 valence electrons. The second-order valence-electron chi connectivity index (χ2n) is 7.86. The minimum Gasteiger partial charge on any atom is -0.857 e. The number of anilines is 1. The topological polar surface area (TPSA) is 195 Å². The number of carbonyl (C=O) groups is 2. The SMILES string of the molecule is CO/N=C(\C([O-])=N[C@@H]1C(=O)N2C(C(=O)O)=C(CSc3n[nH]c(-c4ccccc4)n3)CS[C@H]12)c1csc(N)n1.[Na+]. The van der Waals surface area contributed by atoms with Gasteiger partial charge in [-0.2, -0.15) is 0 Å². The number of aliphatic imine (C=N–C) groups is 1. The molecule has 17 heteroatoms. The number of aromatic amines is 1. The van der Waals surface area contributed by atoms with Crippen molar-refractivity contribution in [1.29, 1.82) is 0 Å². The van der Waals surface area contributed by atoms with Gasteiger partial charge in [0.25, 0.3) is 5.91 Å². The molecule has 2 aliphatic rings. The van der Waals surface area contributed by atoms with E-state index in [-0.39, 0.29) is 57.5 Å². The van der Waals surface area contributed by atoms with E-state index < -0.39 is 29.2 Å². The van der Waals surface area contributed by atoms with E-state index in [9.17, 15) is 19.8 Å². The number of amides is 1. The summed E-state index contributed by atoms with van der Waals surface area (Å²) in [4.78, 5) is 43.5. The molecule has 1 aromatic carbocycles. The van der Waals surface area contributed by atoms with E-state index in [1.54, 1.807) is 0 Å². The maximum Gasteiger partial charge on any atom is 1.00 e. The number of carbonyl (C=O) groups excluding carboxylic acids is 1. The van der Waals surface area contributed by atoms with E-state index in [1.165, 1.54) is 40.9 Å². The van der Waals surface area contributed by atoms with Crippen molar-refractivity contribution >= 4 is 63.5 Å². The number of oxime groups is 1. The minimum absolute atomic E-state index is 0. The van der Waals surface area contributed by atoms with Gasteiger partial charge in [0.05, 0.1) is 0 Å². The number of rotatable bonds is 9. The molecule has 2 aliphatic heterocycles. The van der Waals surface area contributed by atoms with Crippen molar-refractivity contribution in [2.24, 2.45) is 10.1 Å². The van der Waals surface area contributed by atoms with Gasteiger partial charge in [0.1, 0.15) is 29.6 Å². The predicted octanol–water partition coefficient (Wildman–Crippen LogP) is -1.96. The molecule has 2 aromatic heterocycles. The number of fused-ring (bicyclic) bond motifs is 1. The molecular formula is C22H19N8NaO5S3. The number of nitrogens with one attached hydrogen (secondary N) is 1. The zero-order chi connectivity index (χ0) is 26.8. The molecule has 0 bridgehead atoms. The third-order valence-electron chi connectivity index (χ3n) is 5.52. The fraction of sp³-hybridized carbons (Fsp3) is 0.227. The Morgan fingerprint density at radius 1 is 1.36 bits per heavy atom. The fourth-order valence-corrected chi connectivity index (χ4v) is 6.63. The number of H-pyrrole nitrogens is 1. The van der Waals surface area contributed by atoms with Crippen molar-refractivity contribution in [3.8, 4) is 11.4 Å². The predicted molar refractivity (Wildman–Crippen MR) is 142 cm³/mol. The van der Waals surface area contributed by atoms with Crippen LogP contribution in [-0.2, 0) is 14.4 Å². The first-order valence-corrected chi connectivity index (χ1v) is 13.9. The van der Waals surface area contributed by atoms with Crippen LogP contribution in [0.4, 0.5) is 5.13 Å². The molecule has 1 saturated heterocycles. The van der Waals surface area contributed by atoms with Gasteiger partial charge in [-0.25, -0.2) is 14.8 Å². The van der Waals surface area contributed by atoms with Crippen LogP contribution in [0.15, 0.2) is 62.3 Å². The summed E-state index contributed by atoms with van der Waals surface area (Å²) in [5.74, 6) is -1.42. The molecule has 1 amide bonds. The first-order valence-electron chi connectivity index (χ1n) is 11.0. The van der Waals surface area contributed by atoms with Crippen molar-refractivity contribution in [2.75, 3.05) is 24.3 Å². The molecule has 39 heavy (non-hydrogen) atoms. The zero-order valence-electron chi connectivity index (χ0n) is 20.6. The molecule has 4 N–H and O–H groups in total. The van der Waals surface area contributed by atoms with Crippen molar-refractivity contribution < 1.29 is 54.2 Å². The summed E-state index contributed by atoms with van der Waals surface area (Å²) < 4.78 is 0. The van der Waals surface area contributed by atoms with Crippen LogP contribution in [0.25, 0.3) is 11.4 Å². The molecule has 0 radical (unpaired) electrons. The van der Waals surface area contributed by atoms with Gasteiger partial charge in [0.2, 0.25) is 5.16 Å². The van der Waals surface area contributed by atoms with Gasteiger partial charge in [-0.05, 0) is 5.57 Å². The number of carboxylic acids is 1. The second-order valence-corrected chi connectivity index (χ2v) is 10.8. The first kappa shape index (κ1) is 29.1. The number of hydrogen-bond acceptors (Lipinski definition) is 13. The van der Waals surface area contributed by atoms with Gasteiger partial charge in [-0.15, -0.1) is 28.2 Å². The second kappa shape index (κ2) is 12.5. The number of carboxylic acid groups (broad SMARTS) is 1. The van der Waals surface area contributed by atoms with Crippen LogP contribution in [0.3, 0.4) is 0 Å². The smallest absolute Gasteiger partial charge is 0.857 e. The van der Waals surface area contributed by atoms with Crippen LogP contribution in [0, 0.1) is 0 Å². The van der Waals surface area contributed by atoms with E-state index in [2.05, 4.69) is 30.3 Å². The van der Waals surface area contributed by atoms with Gasteiger partial charge in [-0.1, -0.05) is 47.2 Å². The average Bonchev–Trinajstić information content (AvgIpc) is 3.58. The number of nitrogens with two attached hydrogens (primary N) is 1. The number of benzene rings is 1. The number of thiazole rings is 1. The third kappa shape index (κ3) is 6.00. The summed E-state index contributed by atoms with van der Waals surface area (Å²) in [7, 11) is 1.26. The van der Waals surface area contributed by atoms with Crippen LogP contribution in [-0.4, -0.2) is 83.7 Å². The van der Waals surface area contributed by atoms with E-state index in [0.29, 0.717) is 22.3 Å². The summed E-state index contributed by atoms with van der Waals surface area (Å²) in [6.07, 6.45) is 0. The summed E-state index contributed by atoms with van der Waals surface area (Å²) >= 11 is 3.71. The number of aliphatic carboxylic acids is 1. The monoisotopic (exact) mass is 594 g/mol. The zero-order valence-corrected chi connectivity index (χ0v) is 25.0. The number of nitrogens with zero attached hydrogens (tertiary/aromatic N) is 6. The van der Waals surface area contributed by atoms with E-state index in [0.717, 1.165) is 16.9 Å². The number of hydrogen-bond donors (Lipinski definition) is 3. The number of thioether (sulfide) groups is 2. The van der Waals surface area contributed by atoms with Crippen molar-refractivity contribution in [3.05, 3.63) is 52.7 Å². The summed E-state index contributed by atoms with van der Waals surface area (Å²) in [6, 6.07) is 8.42. The van der Waals surface area contributed by atoms with Gasteiger partial charge >= 0.3 is 35.5 Å². The Balaban J connectivity index is 0.00000353. The molecule has 0 saturated carbocycles. The van der Waals surface area contributed by atoms with Gasteiger partial charge in [-0.3, -0.25) is 19.8 Å². The fourth-order valence-electron chi connectivity index (χ4n) is 3.82. The van der Waals surface area contributed by atoms with Gasteiger partial charge in [0.15, 0.2) is 17.0 Å². The Labute approximate surface area is 256 Å². The molecule has 2 atom stereocenters. The molecule has 0 spiro atoms. The molecular weight excluding hydrogens is 575 g/mol. The Hall–Kier alpha value is -2.89. The molecule has 0 unspecified atom stereocenters. The van der Waals surface area contributed by atoms with Crippen LogP contribution >= 0.6 is 34.9 Å². The Morgan fingerprint density at radius 2 is 2.13 bits per heavy atom. The van der Waals surface area contributed by atoms with Crippen molar-refractivity contribution in [3.63, 3.8) is 0 Å². The van der Waals surface area contributed by atoms with E-state index >= 15 is 0 Å². The molecule has 13 nitrogen and oxygen atoms in total. The molecule has 0 aliphatic carbocycles. The normalized spacial score (nSPS) is 19.3. The van der Waals surface area contributed by atoms with Crippen LogP contribution in [0.1, 0.15) is 5.69 Å². The average molecular weight is 595 g/mol. The summed E-state index contributed by atoms with van der Waals surface area (Å²) in [6.45, 7) is 0. The number of aromatic nitrogens is 4. The first-order chi connectivity index (χ1) is 18.4. The van der Waals surface area contributed by atoms with E-state index in [4.69, 9.17) is 10.6 Å². The number of nitrogen functional groups attached to an aromatic ring is 1. The third-order valence-corrected chi connectivity index (χ3v) is 8.45. The Kier molecular flexibility index (Phi) is 9.35. The summed E-state index contributed by atoms with van der Waals surface area (Å²) in [5.41, 5.74) is 6.94. The summed E-state index contributed by atoms with van der Waals surface area (Å²) in [5, 5.41) is 35.1. The van der Waals surface area contributed by atoms with Crippen LogP contribution < -0.4 is 40.4 Å². The van der Waals surface area contributed by atoms with Crippen LogP contribution in [0.2, 0.25) is 0 Å². The number of β-lactam (4-membered cyclic amide) rings is 1. The molecule has 1 fully saturated rings. The van der Waals surface area contributed by atoms with Crippen molar-refractivity contribution in [2.45, 2.75) is 16.6 Å². The maximum atomic E-state index is 13.0. The van der Waals surface area contributed by atoms with Gasteiger partial charge < -0.3 is 20.8 Å².